The van der Waals surface area contributed by atoms with Gasteiger partial charge in [0, 0.05) is 12.6 Å². The number of halogens is 2. The number of hydrogen-bond acceptors (Lipinski definition) is 5. The van der Waals surface area contributed by atoms with Crippen LogP contribution in [0.2, 0.25) is 5.02 Å². The van der Waals surface area contributed by atoms with Gasteiger partial charge >= 0.3 is 0 Å². The smallest absolute Gasteiger partial charge is 0.264 e. The summed E-state index contributed by atoms with van der Waals surface area (Å²) in [7, 11) is -2.74. The van der Waals surface area contributed by atoms with Crippen LogP contribution in [0.15, 0.2) is 77.7 Å². The van der Waals surface area contributed by atoms with Crippen LogP contribution in [-0.4, -0.2) is 50.9 Å². The van der Waals surface area contributed by atoms with Gasteiger partial charge in [-0.1, -0.05) is 55.8 Å². The Hall–Kier alpha value is -3.63. The van der Waals surface area contributed by atoms with Crippen molar-refractivity contribution < 1.29 is 27.1 Å². The van der Waals surface area contributed by atoms with Crippen LogP contribution in [0.3, 0.4) is 0 Å². The van der Waals surface area contributed by atoms with Crippen molar-refractivity contribution in [1.82, 2.24) is 10.2 Å². The summed E-state index contributed by atoms with van der Waals surface area (Å²) in [5.41, 5.74) is 0.728. The van der Waals surface area contributed by atoms with Gasteiger partial charge in [-0.2, -0.15) is 0 Å². The lowest BCUT2D eigenvalue weighted by atomic mass is 10.1. The van der Waals surface area contributed by atoms with E-state index in [0.717, 1.165) is 22.0 Å². The monoisotopic (exact) mass is 603 g/mol. The maximum atomic E-state index is 14.1. The van der Waals surface area contributed by atoms with E-state index in [2.05, 4.69) is 5.32 Å². The Morgan fingerprint density at radius 1 is 1.00 bits per heavy atom. The minimum atomic E-state index is -4.28. The minimum absolute atomic E-state index is 0.00936. The topological polar surface area (TPSA) is 96.0 Å². The van der Waals surface area contributed by atoms with Gasteiger partial charge in [-0.3, -0.25) is 13.9 Å². The molecule has 8 nitrogen and oxygen atoms in total. The van der Waals surface area contributed by atoms with Crippen LogP contribution in [-0.2, 0) is 26.2 Å². The fraction of sp³-hybridized carbons (Fsp3) is 0.333. The van der Waals surface area contributed by atoms with Crippen molar-refractivity contribution in [3.05, 3.63) is 89.2 Å². The van der Waals surface area contributed by atoms with Gasteiger partial charge in [0.25, 0.3) is 10.0 Å². The zero-order valence-corrected chi connectivity index (χ0v) is 25.1. The van der Waals surface area contributed by atoms with Crippen molar-refractivity contribution >= 4 is 39.1 Å². The Bertz CT molecular complexity index is 1440. The molecule has 2 amide bonds. The van der Waals surface area contributed by atoms with Crippen LogP contribution >= 0.6 is 11.6 Å². The van der Waals surface area contributed by atoms with Crippen LogP contribution < -0.4 is 14.4 Å². The van der Waals surface area contributed by atoms with Crippen LogP contribution in [0.25, 0.3) is 0 Å². The van der Waals surface area contributed by atoms with E-state index in [1.807, 2.05) is 13.8 Å². The zero-order chi connectivity index (χ0) is 30.2. The number of nitrogens with zero attached hydrogens (tertiary/aromatic N) is 2. The molecule has 0 bridgehead atoms. The summed E-state index contributed by atoms with van der Waals surface area (Å²) in [5, 5.41) is 2.64. The molecule has 0 heterocycles. The van der Waals surface area contributed by atoms with Gasteiger partial charge in [-0.15, -0.1) is 0 Å². The molecule has 0 aromatic heterocycles. The molecule has 0 spiro atoms. The average molecular weight is 604 g/mol. The second kappa shape index (κ2) is 14.3. The largest absolute Gasteiger partial charge is 0.497 e. The number of rotatable bonds is 13. The van der Waals surface area contributed by atoms with Crippen molar-refractivity contribution in [2.24, 2.45) is 0 Å². The van der Waals surface area contributed by atoms with Gasteiger partial charge < -0.3 is 15.0 Å². The fourth-order valence-electron chi connectivity index (χ4n) is 4.18. The number of sulfonamides is 1. The van der Waals surface area contributed by atoms with Crippen LogP contribution in [0.4, 0.5) is 10.1 Å². The molecule has 0 unspecified atom stereocenters. The summed E-state index contributed by atoms with van der Waals surface area (Å²) in [6.45, 7) is 4.98. The predicted octanol–water partition coefficient (Wildman–Crippen LogP) is 5.41. The number of nitrogens with one attached hydrogen (secondary N) is 1. The Kier molecular flexibility index (Phi) is 11.1. The third-order valence-corrected chi connectivity index (χ3v) is 8.78. The molecule has 0 aliphatic carbocycles. The Balaban J connectivity index is 2.06. The van der Waals surface area contributed by atoms with Crippen molar-refractivity contribution in [3.8, 4) is 5.75 Å². The number of carbonyl (C=O) groups excluding carboxylic acids is 2. The first-order valence-electron chi connectivity index (χ1n) is 13.3. The number of amides is 2. The van der Waals surface area contributed by atoms with Crippen LogP contribution in [0, 0.1) is 5.82 Å². The minimum Gasteiger partial charge on any atom is -0.497 e. The molecule has 0 saturated carbocycles. The molecule has 0 fully saturated rings. The van der Waals surface area contributed by atoms with Crippen molar-refractivity contribution in [3.63, 3.8) is 0 Å². The first-order valence-corrected chi connectivity index (χ1v) is 15.1. The lowest BCUT2D eigenvalue weighted by Crippen LogP contribution is -2.53. The Morgan fingerprint density at radius 3 is 2.22 bits per heavy atom. The summed E-state index contributed by atoms with van der Waals surface area (Å²) in [6, 6.07) is 17.1. The number of benzene rings is 3. The first-order chi connectivity index (χ1) is 19.5. The third kappa shape index (κ3) is 7.98. The molecule has 3 aromatic rings. The summed E-state index contributed by atoms with van der Waals surface area (Å²) < 4.78 is 47.7. The number of hydrogen-bond donors (Lipinski definition) is 1. The van der Waals surface area contributed by atoms with Crippen LogP contribution in [0.5, 0.6) is 5.75 Å². The second-order valence-corrected chi connectivity index (χ2v) is 11.8. The van der Waals surface area contributed by atoms with Crippen LogP contribution in [0.1, 0.15) is 39.2 Å². The standard InChI is InChI=1S/C30H35ClFN3O5S/c1-5-21(3)33-30(37)28(6-2)34(19-22-12-15-24(40-4)16-13-22)29(36)20-35(23-14-17-27(32)26(31)18-23)41(38,39)25-10-8-7-9-11-25/h7-18,21,28H,5-6,19-20H2,1-4H3,(H,33,37)/t21-,28-/m1/s1. The fourth-order valence-corrected chi connectivity index (χ4v) is 5.78. The summed E-state index contributed by atoms with van der Waals surface area (Å²) in [6.07, 6.45) is 0.987. The molecular formula is C30H35ClFN3O5S. The van der Waals surface area contributed by atoms with Crippen molar-refractivity contribution in [2.75, 3.05) is 18.0 Å². The predicted molar refractivity (Wildman–Crippen MR) is 158 cm³/mol. The molecule has 2 atom stereocenters. The lowest BCUT2D eigenvalue weighted by Gasteiger charge is -2.33. The van der Waals surface area contributed by atoms with Gasteiger partial charge in [0.1, 0.15) is 24.2 Å². The molecule has 0 aliphatic rings. The maximum Gasteiger partial charge on any atom is 0.264 e. The number of anilines is 1. The molecule has 11 heteroatoms. The molecule has 0 saturated heterocycles. The highest BCUT2D eigenvalue weighted by atomic mass is 35.5. The molecule has 41 heavy (non-hydrogen) atoms. The SMILES string of the molecule is CC[C@@H](C)NC(=O)[C@@H](CC)N(Cc1ccc(OC)cc1)C(=O)CN(c1ccc(F)c(Cl)c1)S(=O)(=O)c1ccccc1. The van der Waals surface area contributed by atoms with E-state index >= 15 is 0 Å². The first kappa shape index (κ1) is 31.9. The highest BCUT2D eigenvalue weighted by Gasteiger charge is 2.34. The molecule has 0 aliphatic heterocycles. The van der Waals surface area contributed by atoms with E-state index in [1.165, 1.54) is 23.1 Å². The Morgan fingerprint density at radius 2 is 1.66 bits per heavy atom. The molecular weight excluding hydrogens is 569 g/mol. The number of methoxy groups -OCH3 is 1. The normalized spacial score (nSPS) is 12.7. The van der Waals surface area contributed by atoms with Gasteiger partial charge in [-0.25, -0.2) is 12.8 Å². The zero-order valence-electron chi connectivity index (χ0n) is 23.5. The van der Waals surface area contributed by atoms with E-state index in [9.17, 15) is 22.4 Å². The lowest BCUT2D eigenvalue weighted by molar-refractivity contribution is -0.140. The van der Waals surface area contributed by atoms with Crippen molar-refractivity contribution in [2.45, 2.75) is 57.1 Å². The second-order valence-electron chi connectivity index (χ2n) is 9.53. The van der Waals surface area contributed by atoms with E-state index < -0.39 is 34.3 Å². The molecule has 3 rings (SSSR count). The van der Waals surface area contributed by atoms with E-state index in [-0.39, 0.29) is 40.5 Å². The van der Waals surface area contributed by atoms with Gasteiger partial charge in [0.05, 0.1) is 22.7 Å². The highest BCUT2D eigenvalue weighted by Crippen LogP contribution is 2.28. The molecule has 220 valence electrons. The third-order valence-electron chi connectivity index (χ3n) is 6.70. The highest BCUT2D eigenvalue weighted by molar-refractivity contribution is 7.92. The van der Waals surface area contributed by atoms with E-state index in [0.29, 0.717) is 12.2 Å². The van der Waals surface area contributed by atoms with E-state index in [4.69, 9.17) is 16.3 Å². The summed E-state index contributed by atoms with van der Waals surface area (Å²) >= 11 is 6.01. The van der Waals surface area contributed by atoms with E-state index in [1.54, 1.807) is 56.5 Å². The molecule has 0 radical (unpaired) electrons. The van der Waals surface area contributed by atoms with Gasteiger partial charge in [-0.05, 0) is 67.8 Å². The molecule has 1 N–H and O–H groups in total. The summed E-state index contributed by atoms with van der Waals surface area (Å²) in [4.78, 5) is 28.7. The molecule has 3 aromatic carbocycles. The quantitative estimate of drug-likeness (QED) is 0.282. The van der Waals surface area contributed by atoms with Gasteiger partial charge in [0.2, 0.25) is 11.8 Å². The maximum absolute atomic E-state index is 14.1. The number of carbonyl (C=O) groups is 2. The number of ether oxygens (including phenoxy) is 1. The van der Waals surface area contributed by atoms with Gasteiger partial charge in [0.15, 0.2) is 0 Å². The summed E-state index contributed by atoms with van der Waals surface area (Å²) in [5.74, 6) is -1.06. The average Bonchev–Trinajstić information content (AvgIpc) is 2.97. The van der Waals surface area contributed by atoms with Crippen molar-refractivity contribution in [1.29, 1.82) is 0 Å². The Labute approximate surface area is 246 Å².